The lowest BCUT2D eigenvalue weighted by molar-refractivity contribution is 0.0695. The zero-order chi connectivity index (χ0) is 11.7. The molecular formula is C11H11N3O2. The molecule has 0 aromatic carbocycles. The van der Waals surface area contributed by atoms with Gasteiger partial charge < -0.3 is 5.11 Å². The summed E-state index contributed by atoms with van der Waals surface area (Å²) in [5.74, 6) is -0.634. The SMILES string of the molecule is Cc1cc(C)c(C(=O)O)c(-n2cccn2)n1. The number of rotatable bonds is 2. The van der Waals surface area contributed by atoms with Crippen LogP contribution in [0.2, 0.25) is 0 Å². The molecule has 0 fully saturated rings. The van der Waals surface area contributed by atoms with E-state index in [1.807, 2.05) is 6.92 Å². The Hall–Kier alpha value is -2.17. The first-order valence-corrected chi connectivity index (χ1v) is 4.81. The van der Waals surface area contributed by atoms with E-state index in [2.05, 4.69) is 10.1 Å². The van der Waals surface area contributed by atoms with Gasteiger partial charge in [0.05, 0.1) is 0 Å². The molecule has 0 aliphatic rings. The van der Waals surface area contributed by atoms with Crippen molar-refractivity contribution in [1.82, 2.24) is 14.8 Å². The first kappa shape index (κ1) is 10.4. The highest BCUT2D eigenvalue weighted by atomic mass is 16.4. The average Bonchev–Trinajstić information content (AvgIpc) is 2.67. The zero-order valence-electron chi connectivity index (χ0n) is 9.01. The summed E-state index contributed by atoms with van der Waals surface area (Å²) in [5.41, 5.74) is 1.65. The van der Waals surface area contributed by atoms with Crippen molar-refractivity contribution >= 4 is 5.97 Å². The Morgan fingerprint density at radius 1 is 1.44 bits per heavy atom. The topological polar surface area (TPSA) is 68.0 Å². The highest BCUT2D eigenvalue weighted by Crippen LogP contribution is 2.17. The quantitative estimate of drug-likeness (QED) is 0.829. The Bertz CT molecular complexity index is 532. The van der Waals surface area contributed by atoms with Crippen LogP contribution in [0, 0.1) is 13.8 Å². The molecule has 5 heteroatoms. The maximum Gasteiger partial charge on any atom is 0.339 e. The van der Waals surface area contributed by atoms with Crippen molar-refractivity contribution in [2.75, 3.05) is 0 Å². The first-order valence-electron chi connectivity index (χ1n) is 4.81. The van der Waals surface area contributed by atoms with Crippen LogP contribution >= 0.6 is 0 Å². The van der Waals surface area contributed by atoms with E-state index in [4.69, 9.17) is 5.11 Å². The second-order valence-electron chi connectivity index (χ2n) is 3.53. The molecule has 0 bridgehead atoms. The summed E-state index contributed by atoms with van der Waals surface area (Å²) in [6.07, 6.45) is 3.26. The van der Waals surface area contributed by atoms with Crippen LogP contribution in [-0.4, -0.2) is 25.8 Å². The molecule has 0 aliphatic heterocycles. The molecule has 0 radical (unpaired) electrons. The predicted octanol–water partition coefficient (Wildman–Crippen LogP) is 1.58. The monoisotopic (exact) mass is 217 g/mol. The summed E-state index contributed by atoms with van der Waals surface area (Å²) >= 11 is 0. The van der Waals surface area contributed by atoms with Gasteiger partial charge in [0, 0.05) is 18.1 Å². The molecular weight excluding hydrogens is 206 g/mol. The number of carboxylic acids is 1. The number of aromatic carboxylic acids is 1. The van der Waals surface area contributed by atoms with Crippen molar-refractivity contribution in [1.29, 1.82) is 0 Å². The molecule has 1 N–H and O–H groups in total. The van der Waals surface area contributed by atoms with Gasteiger partial charge in [-0.05, 0) is 31.5 Å². The molecule has 16 heavy (non-hydrogen) atoms. The summed E-state index contributed by atoms with van der Waals surface area (Å²) in [6.45, 7) is 3.58. The normalized spacial score (nSPS) is 10.4. The Morgan fingerprint density at radius 2 is 2.19 bits per heavy atom. The minimum Gasteiger partial charge on any atom is -0.478 e. The van der Waals surface area contributed by atoms with Gasteiger partial charge in [-0.15, -0.1) is 0 Å². The van der Waals surface area contributed by atoms with Gasteiger partial charge in [-0.25, -0.2) is 14.5 Å². The van der Waals surface area contributed by atoms with Crippen LogP contribution in [0.1, 0.15) is 21.6 Å². The van der Waals surface area contributed by atoms with Gasteiger partial charge >= 0.3 is 5.97 Å². The van der Waals surface area contributed by atoms with Crippen LogP contribution < -0.4 is 0 Å². The maximum absolute atomic E-state index is 11.2. The van der Waals surface area contributed by atoms with Crippen molar-refractivity contribution in [2.24, 2.45) is 0 Å². The second-order valence-corrected chi connectivity index (χ2v) is 3.53. The van der Waals surface area contributed by atoms with Crippen LogP contribution in [0.15, 0.2) is 24.5 Å². The standard InChI is InChI=1S/C11H11N3O2/c1-7-6-8(2)13-10(9(7)11(15)16)14-5-3-4-12-14/h3-6H,1-2H3,(H,15,16). The third-order valence-corrected chi connectivity index (χ3v) is 2.26. The summed E-state index contributed by atoms with van der Waals surface area (Å²) in [5, 5.41) is 13.2. The second kappa shape index (κ2) is 3.77. The Labute approximate surface area is 92.4 Å². The fourth-order valence-electron chi connectivity index (χ4n) is 1.64. The Kier molecular flexibility index (Phi) is 2.44. The lowest BCUT2D eigenvalue weighted by Gasteiger charge is -2.09. The van der Waals surface area contributed by atoms with Gasteiger partial charge in [0.2, 0.25) is 0 Å². The molecule has 5 nitrogen and oxygen atoms in total. The molecule has 0 unspecified atom stereocenters. The van der Waals surface area contributed by atoms with E-state index in [-0.39, 0.29) is 5.56 Å². The number of carboxylic acid groups (broad SMARTS) is 1. The predicted molar refractivity (Wildman–Crippen MR) is 57.8 cm³/mol. The van der Waals surface area contributed by atoms with Gasteiger partial charge in [0.25, 0.3) is 0 Å². The summed E-state index contributed by atoms with van der Waals surface area (Å²) < 4.78 is 1.46. The highest BCUT2D eigenvalue weighted by Gasteiger charge is 2.17. The van der Waals surface area contributed by atoms with E-state index in [1.165, 1.54) is 4.68 Å². The van der Waals surface area contributed by atoms with Gasteiger partial charge in [-0.3, -0.25) is 0 Å². The van der Waals surface area contributed by atoms with Crippen LogP contribution in [0.3, 0.4) is 0 Å². The number of hydrogen-bond acceptors (Lipinski definition) is 3. The Balaban J connectivity index is 2.72. The lowest BCUT2D eigenvalue weighted by atomic mass is 10.1. The van der Waals surface area contributed by atoms with E-state index in [0.717, 1.165) is 5.69 Å². The van der Waals surface area contributed by atoms with Gasteiger partial charge in [-0.2, -0.15) is 5.10 Å². The van der Waals surface area contributed by atoms with Crippen molar-refractivity contribution < 1.29 is 9.90 Å². The summed E-state index contributed by atoms with van der Waals surface area (Å²) in [7, 11) is 0. The number of aromatic nitrogens is 3. The van der Waals surface area contributed by atoms with Crippen molar-refractivity contribution in [3.63, 3.8) is 0 Å². The minimum atomic E-state index is -0.990. The molecule has 82 valence electrons. The molecule has 0 amide bonds. The van der Waals surface area contributed by atoms with E-state index >= 15 is 0 Å². The number of hydrogen-bond donors (Lipinski definition) is 1. The Morgan fingerprint density at radius 3 is 2.75 bits per heavy atom. The number of nitrogens with zero attached hydrogens (tertiary/aromatic N) is 3. The molecule has 2 heterocycles. The molecule has 0 aliphatic carbocycles. The minimum absolute atomic E-state index is 0.189. The fourth-order valence-corrected chi connectivity index (χ4v) is 1.64. The highest BCUT2D eigenvalue weighted by molar-refractivity contribution is 5.92. The largest absolute Gasteiger partial charge is 0.478 e. The van der Waals surface area contributed by atoms with Crippen molar-refractivity contribution in [3.05, 3.63) is 41.3 Å². The van der Waals surface area contributed by atoms with Gasteiger partial charge in [0.15, 0.2) is 5.82 Å². The smallest absolute Gasteiger partial charge is 0.339 e. The molecule has 2 aromatic heterocycles. The maximum atomic E-state index is 11.2. The molecule has 0 spiro atoms. The molecule has 0 saturated carbocycles. The fraction of sp³-hybridized carbons (Fsp3) is 0.182. The van der Waals surface area contributed by atoms with E-state index < -0.39 is 5.97 Å². The average molecular weight is 217 g/mol. The lowest BCUT2D eigenvalue weighted by Crippen LogP contribution is -2.11. The van der Waals surface area contributed by atoms with E-state index in [9.17, 15) is 4.79 Å². The van der Waals surface area contributed by atoms with Crippen LogP contribution in [0.5, 0.6) is 0 Å². The van der Waals surface area contributed by atoms with Crippen LogP contribution in [-0.2, 0) is 0 Å². The third-order valence-electron chi connectivity index (χ3n) is 2.26. The van der Waals surface area contributed by atoms with E-state index in [1.54, 1.807) is 31.5 Å². The number of pyridine rings is 1. The summed E-state index contributed by atoms with van der Waals surface area (Å²) in [6, 6.07) is 3.47. The third kappa shape index (κ3) is 1.67. The van der Waals surface area contributed by atoms with Gasteiger partial charge in [0.1, 0.15) is 5.56 Å². The van der Waals surface area contributed by atoms with Crippen LogP contribution in [0.4, 0.5) is 0 Å². The number of carbonyl (C=O) groups is 1. The van der Waals surface area contributed by atoms with Gasteiger partial charge in [-0.1, -0.05) is 0 Å². The van der Waals surface area contributed by atoms with Crippen LogP contribution in [0.25, 0.3) is 5.82 Å². The molecule has 2 rings (SSSR count). The van der Waals surface area contributed by atoms with Crippen molar-refractivity contribution in [2.45, 2.75) is 13.8 Å². The first-order chi connectivity index (χ1) is 7.59. The number of aryl methyl sites for hydroxylation is 2. The zero-order valence-corrected chi connectivity index (χ0v) is 9.01. The van der Waals surface area contributed by atoms with Crippen molar-refractivity contribution in [3.8, 4) is 5.82 Å². The molecule has 2 aromatic rings. The molecule has 0 atom stereocenters. The van der Waals surface area contributed by atoms with E-state index in [0.29, 0.717) is 11.4 Å². The molecule has 0 saturated heterocycles. The summed E-state index contributed by atoms with van der Waals surface area (Å²) in [4.78, 5) is 15.4.